The molecule has 1 atom stereocenters. The number of hydrogen-bond donors (Lipinski definition) is 1. The molecule has 0 radical (unpaired) electrons. The van der Waals surface area contributed by atoms with E-state index in [-0.39, 0.29) is 6.04 Å². The Hall–Kier alpha value is -0.550. The van der Waals surface area contributed by atoms with Gasteiger partial charge in [-0.25, -0.2) is 0 Å². The second-order valence-electron chi connectivity index (χ2n) is 3.95. The summed E-state index contributed by atoms with van der Waals surface area (Å²) in [6, 6.07) is 2.98. The molecule has 0 spiro atoms. The number of nitrogens with one attached hydrogen (secondary N) is 1. The van der Waals surface area contributed by atoms with Crippen LogP contribution in [0.5, 0.6) is 0 Å². The Morgan fingerprint density at radius 1 is 1.31 bits per heavy atom. The Bertz CT molecular complexity index is 163. The van der Waals surface area contributed by atoms with E-state index in [0.717, 1.165) is 6.42 Å². The molecule has 74 valence electrons. The summed E-state index contributed by atoms with van der Waals surface area (Å²) in [5.41, 5.74) is 0. The van der Waals surface area contributed by atoms with Crippen LogP contribution in [0.4, 0.5) is 0 Å². The van der Waals surface area contributed by atoms with Crippen LogP contribution in [0.2, 0.25) is 0 Å². The quantitative estimate of drug-likeness (QED) is 0.678. The fourth-order valence-electron chi connectivity index (χ4n) is 1.98. The highest BCUT2D eigenvalue weighted by atomic mass is 14.9. The van der Waals surface area contributed by atoms with Crippen LogP contribution in [-0.4, -0.2) is 12.1 Å². The number of nitrogens with zero attached hydrogens (tertiary/aromatic N) is 1. The molecule has 13 heavy (non-hydrogen) atoms. The van der Waals surface area contributed by atoms with Gasteiger partial charge in [-0.05, 0) is 19.3 Å². The molecular formula is C11H20N2. The molecule has 1 rings (SSSR count). The van der Waals surface area contributed by atoms with Crippen molar-refractivity contribution in [3.8, 4) is 6.07 Å². The van der Waals surface area contributed by atoms with Crippen molar-refractivity contribution in [2.45, 2.75) is 64.0 Å². The first-order valence-electron chi connectivity index (χ1n) is 5.52. The maximum atomic E-state index is 8.81. The van der Waals surface area contributed by atoms with Crippen LogP contribution in [0, 0.1) is 11.3 Å². The molecule has 0 aromatic carbocycles. The van der Waals surface area contributed by atoms with E-state index in [2.05, 4.69) is 18.3 Å². The molecule has 0 aliphatic heterocycles. The summed E-state index contributed by atoms with van der Waals surface area (Å²) in [4.78, 5) is 0. The Labute approximate surface area is 81.3 Å². The zero-order chi connectivity index (χ0) is 9.52. The number of rotatable bonds is 3. The second-order valence-corrected chi connectivity index (χ2v) is 3.95. The maximum absolute atomic E-state index is 8.81. The molecular weight excluding hydrogens is 160 g/mol. The number of nitriles is 1. The summed E-state index contributed by atoms with van der Waals surface area (Å²) in [6.45, 7) is 2.07. The molecule has 0 heterocycles. The van der Waals surface area contributed by atoms with Gasteiger partial charge in [0, 0.05) is 6.04 Å². The summed E-state index contributed by atoms with van der Waals surface area (Å²) in [7, 11) is 0. The van der Waals surface area contributed by atoms with E-state index in [1.165, 1.54) is 38.5 Å². The van der Waals surface area contributed by atoms with Crippen molar-refractivity contribution in [3.05, 3.63) is 0 Å². The van der Waals surface area contributed by atoms with E-state index in [1.54, 1.807) is 0 Å². The van der Waals surface area contributed by atoms with E-state index >= 15 is 0 Å². The van der Waals surface area contributed by atoms with Crippen molar-refractivity contribution >= 4 is 0 Å². The van der Waals surface area contributed by atoms with E-state index in [4.69, 9.17) is 5.26 Å². The fraction of sp³-hybridized carbons (Fsp3) is 0.909. The standard InChI is InChI=1S/C11H20N2/c1-2-10(9-12)13-11-7-5-3-4-6-8-11/h10-11,13H,2-8H2,1H3. The van der Waals surface area contributed by atoms with Gasteiger partial charge in [-0.1, -0.05) is 32.6 Å². The molecule has 2 nitrogen and oxygen atoms in total. The lowest BCUT2D eigenvalue weighted by Crippen LogP contribution is -2.36. The van der Waals surface area contributed by atoms with Crippen LogP contribution in [0.1, 0.15) is 51.9 Å². The lowest BCUT2D eigenvalue weighted by atomic mass is 10.1. The summed E-state index contributed by atoms with van der Waals surface area (Å²) in [5.74, 6) is 0. The molecule has 0 saturated heterocycles. The Balaban J connectivity index is 2.29. The van der Waals surface area contributed by atoms with Gasteiger partial charge in [0.1, 0.15) is 0 Å². The van der Waals surface area contributed by atoms with Crippen molar-refractivity contribution in [2.24, 2.45) is 0 Å². The third-order valence-corrected chi connectivity index (χ3v) is 2.86. The maximum Gasteiger partial charge on any atom is 0.0952 e. The molecule has 1 fully saturated rings. The van der Waals surface area contributed by atoms with Gasteiger partial charge in [-0.3, -0.25) is 5.32 Å². The Morgan fingerprint density at radius 3 is 2.38 bits per heavy atom. The van der Waals surface area contributed by atoms with Crippen molar-refractivity contribution in [1.82, 2.24) is 5.32 Å². The van der Waals surface area contributed by atoms with E-state index in [9.17, 15) is 0 Å². The Kier molecular flexibility index (Phi) is 4.85. The molecule has 1 aliphatic rings. The normalized spacial score (nSPS) is 21.8. The average Bonchev–Trinajstić information content (AvgIpc) is 2.42. The largest absolute Gasteiger partial charge is 0.299 e. The lowest BCUT2D eigenvalue weighted by molar-refractivity contribution is 0.425. The van der Waals surface area contributed by atoms with Crippen LogP contribution >= 0.6 is 0 Å². The van der Waals surface area contributed by atoms with Crippen molar-refractivity contribution in [2.75, 3.05) is 0 Å². The molecule has 0 amide bonds. The summed E-state index contributed by atoms with van der Waals surface area (Å²) < 4.78 is 0. The third-order valence-electron chi connectivity index (χ3n) is 2.86. The van der Waals surface area contributed by atoms with E-state index in [1.807, 2.05) is 0 Å². The summed E-state index contributed by atoms with van der Waals surface area (Å²) in [5, 5.41) is 12.2. The van der Waals surface area contributed by atoms with Gasteiger partial charge < -0.3 is 0 Å². The topological polar surface area (TPSA) is 35.8 Å². The predicted molar refractivity (Wildman–Crippen MR) is 54.3 cm³/mol. The van der Waals surface area contributed by atoms with Crippen molar-refractivity contribution < 1.29 is 0 Å². The first kappa shape index (κ1) is 10.5. The molecule has 0 bridgehead atoms. The minimum Gasteiger partial charge on any atom is -0.299 e. The van der Waals surface area contributed by atoms with Gasteiger partial charge in [0.05, 0.1) is 12.1 Å². The van der Waals surface area contributed by atoms with Crippen molar-refractivity contribution in [1.29, 1.82) is 5.26 Å². The van der Waals surface area contributed by atoms with E-state index in [0.29, 0.717) is 6.04 Å². The first-order chi connectivity index (χ1) is 6.36. The smallest absolute Gasteiger partial charge is 0.0952 e. The molecule has 1 N–H and O–H groups in total. The van der Waals surface area contributed by atoms with E-state index < -0.39 is 0 Å². The SMILES string of the molecule is CCC(C#N)NC1CCCCCC1. The van der Waals surface area contributed by atoms with Gasteiger partial charge in [0.25, 0.3) is 0 Å². The lowest BCUT2D eigenvalue weighted by Gasteiger charge is -2.18. The Morgan fingerprint density at radius 2 is 1.92 bits per heavy atom. The molecule has 2 heteroatoms. The molecule has 1 saturated carbocycles. The van der Waals surface area contributed by atoms with Crippen LogP contribution < -0.4 is 5.32 Å². The zero-order valence-corrected chi connectivity index (χ0v) is 8.55. The molecule has 0 aromatic heterocycles. The highest BCUT2D eigenvalue weighted by Gasteiger charge is 2.14. The minimum atomic E-state index is 0.0723. The van der Waals surface area contributed by atoms with Crippen LogP contribution in [0.25, 0.3) is 0 Å². The molecule has 1 unspecified atom stereocenters. The average molecular weight is 180 g/mol. The predicted octanol–water partition coefficient (Wildman–Crippen LogP) is 2.60. The monoisotopic (exact) mass is 180 g/mol. The zero-order valence-electron chi connectivity index (χ0n) is 8.55. The highest BCUT2D eigenvalue weighted by Crippen LogP contribution is 2.17. The van der Waals surface area contributed by atoms with Crippen LogP contribution in [-0.2, 0) is 0 Å². The molecule has 1 aliphatic carbocycles. The van der Waals surface area contributed by atoms with Gasteiger partial charge in [0.2, 0.25) is 0 Å². The summed E-state index contributed by atoms with van der Waals surface area (Å²) >= 11 is 0. The summed E-state index contributed by atoms with van der Waals surface area (Å²) in [6.07, 6.45) is 8.87. The second kappa shape index (κ2) is 5.99. The number of hydrogen-bond acceptors (Lipinski definition) is 2. The van der Waals surface area contributed by atoms with Crippen molar-refractivity contribution in [3.63, 3.8) is 0 Å². The van der Waals surface area contributed by atoms with Crippen LogP contribution in [0.3, 0.4) is 0 Å². The van der Waals surface area contributed by atoms with Gasteiger partial charge in [0.15, 0.2) is 0 Å². The first-order valence-corrected chi connectivity index (χ1v) is 5.52. The highest BCUT2D eigenvalue weighted by molar-refractivity contribution is 4.91. The van der Waals surface area contributed by atoms with Crippen LogP contribution in [0.15, 0.2) is 0 Å². The molecule has 0 aromatic rings. The van der Waals surface area contributed by atoms with Gasteiger partial charge in [-0.15, -0.1) is 0 Å². The minimum absolute atomic E-state index is 0.0723. The van der Waals surface area contributed by atoms with Gasteiger partial charge in [-0.2, -0.15) is 5.26 Å². The van der Waals surface area contributed by atoms with Gasteiger partial charge >= 0.3 is 0 Å². The third kappa shape index (κ3) is 3.78. The fourth-order valence-corrected chi connectivity index (χ4v) is 1.98.